The van der Waals surface area contributed by atoms with E-state index in [1.54, 1.807) is 12.1 Å². The second kappa shape index (κ2) is 5.30. The van der Waals surface area contributed by atoms with Crippen molar-refractivity contribution in [1.82, 2.24) is 0 Å². The van der Waals surface area contributed by atoms with Gasteiger partial charge in [-0.25, -0.2) is 0 Å². The highest BCUT2D eigenvalue weighted by atomic mass is 16.6. The van der Waals surface area contributed by atoms with E-state index in [-0.39, 0.29) is 5.69 Å². The van der Waals surface area contributed by atoms with E-state index >= 15 is 0 Å². The van der Waals surface area contributed by atoms with Crippen molar-refractivity contribution < 1.29 is 9.66 Å². The first-order valence-corrected chi connectivity index (χ1v) is 4.97. The van der Waals surface area contributed by atoms with Crippen LogP contribution in [0.5, 0.6) is 5.75 Å². The minimum Gasteiger partial charge on any atom is -0.494 e. The largest absolute Gasteiger partial charge is 0.494 e. The number of ether oxygens (including phenoxy) is 1. The Bertz CT molecular complexity index is 401. The second-order valence-corrected chi connectivity index (χ2v) is 3.26. The summed E-state index contributed by atoms with van der Waals surface area (Å²) in [6, 6.07) is 4.55. The number of non-ortho nitro benzene ring substituents is 1. The number of rotatable bonds is 5. The number of hydrogen-bond donors (Lipinski definition) is 0. The third kappa shape index (κ3) is 2.59. The van der Waals surface area contributed by atoms with Crippen molar-refractivity contribution in [2.45, 2.75) is 13.8 Å². The molecule has 0 aliphatic rings. The SMILES string of the molecule is C=C[C](C)c1cc([N+](=O)[O-])ccc1OCC. The Morgan fingerprint density at radius 2 is 2.31 bits per heavy atom. The predicted octanol–water partition coefficient (Wildman–Crippen LogP) is 3.12. The lowest BCUT2D eigenvalue weighted by molar-refractivity contribution is -0.384. The van der Waals surface area contributed by atoms with Crippen molar-refractivity contribution in [3.8, 4) is 5.75 Å². The third-order valence-corrected chi connectivity index (χ3v) is 2.20. The Morgan fingerprint density at radius 3 is 2.81 bits per heavy atom. The van der Waals surface area contributed by atoms with Gasteiger partial charge in [-0.05, 0) is 13.0 Å². The first kappa shape index (κ1) is 12.2. The van der Waals surface area contributed by atoms with Gasteiger partial charge < -0.3 is 4.74 Å². The molecule has 1 radical (unpaired) electrons. The van der Waals surface area contributed by atoms with E-state index in [9.17, 15) is 10.1 Å². The first-order valence-electron chi connectivity index (χ1n) is 4.97. The molecule has 0 aromatic heterocycles. The monoisotopic (exact) mass is 220 g/mol. The Balaban J connectivity index is 3.20. The number of allylic oxidation sites excluding steroid dienone is 1. The molecule has 0 unspecified atom stereocenters. The Kier molecular flexibility index (Phi) is 4.05. The highest BCUT2D eigenvalue weighted by Gasteiger charge is 2.15. The summed E-state index contributed by atoms with van der Waals surface area (Å²) >= 11 is 0. The second-order valence-electron chi connectivity index (χ2n) is 3.26. The van der Waals surface area contributed by atoms with Gasteiger partial charge in [-0.3, -0.25) is 10.1 Å². The van der Waals surface area contributed by atoms with Gasteiger partial charge in [0.25, 0.3) is 5.69 Å². The van der Waals surface area contributed by atoms with Crippen LogP contribution in [0.4, 0.5) is 5.69 Å². The smallest absolute Gasteiger partial charge is 0.270 e. The average molecular weight is 220 g/mol. The van der Waals surface area contributed by atoms with Crippen LogP contribution in [0.25, 0.3) is 0 Å². The molecule has 0 saturated carbocycles. The summed E-state index contributed by atoms with van der Waals surface area (Å²) in [6.07, 6.45) is 1.65. The molecular formula is C12H14NO3. The number of nitro benzene ring substituents is 1. The lowest BCUT2D eigenvalue weighted by Crippen LogP contribution is -2.00. The molecule has 1 aromatic carbocycles. The van der Waals surface area contributed by atoms with Crippen molar-refractivity contribution in [3.05, 3.63) is 52.4 Å². The van der Waals surface area contributed by atoms with Crippen LogP contribution in [0, 0.1) is 16.0 Å². The molecule has 4 nitrogen and oxygen atoms in total. The molecule has 0 bridgehead atoms. The summed E-state index contributed by atoms with van der Waals surface area (Å²) in [6.45, 7) is 7.88. The maximum Gasteiger partial charge on any atom is 0.270 e. The zero-order chi connectivity index (χ0) is 12.1. The van der Waals surface area contributed by atoms with Crippen molar-refractivity contribution in [2.24, 2.45) is 0 Å². The van der Waals surface area contributed by atoms with E-state index in [1.165, 1.54) is 12.1 Å². The van der Waals surface area contributed by atoms with Gasteiger partial charge in [0.1, 0.15) is 5.75 Å². The number of hydrogen-bond acceptors (Lipinski definition) is 3. The maximum atomic E-state index is 10.7. The fraction of sp³-hybridized carbons (Fsp3) is 0.250. The van der Waals surface area contributed by atoms with Crippen LogP contribution in [-0.4, -0.2) is 11.5 Å². The fourth-order valence-electron chi connectivity index (χ4n) is 1.33. The van der Waals surface area contributed by atoms with Gasteiger partial charge >= 0.3 is 0 Å². The normalized spacial score (nSPS) is 10.2. The van der Waals surface area contributed by atoms with Gasteiger partial charge in [-0.15, -0.1) is 6.58 Å². The average Bonchev–Trinajstić information content (AvgIpc) is 2.28. The quantitative estimate of drug-likeness (QED) is 0.565. The van der Waals surface area contributed by atoms with E-state index < -0.39 is 4.92 Å². The molecule has 0 spiro atoms. The van der Waals surface area contributed by atoms with E-state index in [1.807, 2.05) is 13.8 Å². The zero-order valence-corrected chi connectivity index (χ0v) is 9.40. The van der Waals surface area contributed by atoms with Gasteiger partial charge in [-0.1, -0.05) is 13.0 Å². The first-order chi connectivity index (χ1) is 7.60. The van der Waals surface area contributed by atoms with Gasteiger partial charge in [0, 0.05) is 23.6 Å². The molecule has 0 fully saturated rings. The van der Waals surface area contributed by atoms with Crippen LogP contribution in [0.3, 0.4) is 0 Å². The van der Waals surface area contributed by atoms with Gasteiger partial charge in [0.05, 0.1) is 11.5 Å². The van der Waals surface area contributed by atoms with Crippen LogP contribution < -0.4 is 4.74 Å². The summed E-state index contributed by atoms with van der Waals surface area (Å²) in [5, 5.41) is 10.7. The molecule has 0 N–H and O–H groups in total. The fourth-order valence-corrected chi connectivity index (χ4v) is 1.33. The number of nitro groups is 1. The summed E-state index contributed by atoms with van der Waals surface area (Å²) in [5.74, 6) is 1.50. The topological polar surface area (TPSA) is 52.4 Å². The van der Waals surface area contributed by atoms with E-state index in [0.29, 0.717) is 17.9 Å². The maximum absolute atomic E-state index is 10.7. The summed E-state index contributed by atoms with van der Waals surface area (Å²) < 4.78 is 5.40. The van der Waals surface area contributed by atoms with E-state index in [0.717, 1.165) is 5.92 Å². The minimum absolute atomic E-state index is 0.0552. The van der Waals surface area contributed by atoms with Crippen molar-refractivity contribution in [3.63, 3.8) is 0 Å². The van der Waals surface area contributed by atoms with Gasteiger partial charge in [-0.2, -0.15) is 0 Å². The molecular weight excluding hydrogens is 206 g/mol. The van der Waals surface area contributed by atoms with Gasteiger partial charge in [0.2, 0.25) is 0 Å². The van der Waals surface area contributed by atoms with Crippen LogP contribution in [0.15, 0.2) is 30.9 Å². The highest BCUT2D eigenvalue weighted by Crippen LogP contribution is 2.30. The highest BCUT2D eigenvalue weighted by molar-refractivity contribution is 5.52. The van der Waals surface area contributed by atoms with Crippen LogP contribution in [-0.2, 0) is 0 Å². The predicted molar refractivity (Wildman–Crippen MR) is 62.5 cm³/mol. The zero-order valence-electron chi connectivity index (χ0n) is 9.40. The Morgan fingerprint density at radius 1 is 1.62 bits per heavy atom. The Hall–Kier alpha value is -1.84. The molecule has 1 aromatic rings. The molecule has 16 heavy (non-hydrogen) atoms. The Labute approximate surface area is 94.7 Å². The minimum atomic E-state index is -0.421. The third-order valence-electron chi connectivity index (χ3n) is 2.20. The van der Waals surface area contributed by atoms with Crippen LogP contribution >= 0.6 is 0 Å². The molecule has 4 heteroatoms. The van der Waals surface area contributed by atoms with E-state index in [4.69, 9.17) is 4.74 Å². The van der Waals surface area contributed by atoms with Gasteiger partial charge in [0.15, 0.2) is 0 Å². The lowest BCUT2D eigenvalue weighted by Gasteiger charge is -2.12. The molecule has 1 rings (SSSR count). The van der Waals surface area contributed by atoms with Crippen molar-refractivity contribution in [2.75, 3.05) is 6.61 Å². The van der Waals surface area contributed by atoms with Crippen molar-refractivity contribution >= 4 is 5.69 Å². The standard InChI is InChI=1S/C12H14NO3/c1-4-9(3)11-8-10(13(14)15)6-7-12(11)16-5-2/h4,6-8H,1,5H2,2-3H3. The molecule has 0 saturated heterocycles. The molecule has 0 aliphatic carbocycles. The van der Waals surface area contributed by atoms with E-state index in [2.05, 4.69) is 6.58 Å². The summed E-state index contributed by atoms with van der Waals surface area (Å²) in [5.41, 5.74) is 0.769. The van der Waals surface area contributed by atoms with Crippen LogP contribution in [0.2, 0.25) is 0 Å². The molecule has 0 amide bonds. The van der Waals surface area contributed by atoms with Crippen molar-refractivity contribution in [1.29, 1.82) is 0 Å². The van der Waals surface area contributed by atoms with Crippen LogP contribution in [0.1, 0.15) is 19.4 Å². The summed E-state index contributed by atoms with van der Waals surface area (Å²) in [7, 11) is 0. The number of nitrogens with zero attached hydrogens (tertiary/aromatic N) is 1. The molecule has 0 aliphatic heterocycles. The summed E-state index contributed by atoms with van der Waals surface area (Å²) in [4.78, 5) is 10.2. The number of benzene rings is 1. The lowest BCUT2D eigenvalue weighted by atomic mass is 10.00. The molecule has 0 atom stereocenters. The molecule has 0 heterocycles. The molecule has 85 valence electrons.